The number of nitrogens with zero attached hydrogens (tertiary/aromatic N) is 2. The van der Waals surface area contributed by atoms with E-state index in [2.05, 4.69) is 28.0 Å². The SMILES string of the molecule is [c]1nnoc1C1NCCC2CCCC=C21. The Morgan fingerprint density at radius 2 is 2.47 bits per heavy atom. The van der Waals surface area contributed by atoms with Gasteiger partial charge in [0.05, 0.1) is 6.04 Å². The highest BCUT2D eigenvalue weighted by Crippen LogP contribution is 2.38. The van der Waals surface area contributed by atoms with E-state index in [0.717, 1.165) is 18.2 Å². The molecule has 4 nitrogen and oxygen atoms in total. The van der Waals surface area contributed by atoms with Gasteiger partial charge in [-0.2, -0.15) is 0 Å². The first-order valence-electron chi connectivity index (χ1n) is 5.58. The molecule has 0 amide bonds. The Labute approximate surface area is 88.7 Å². The summed E-state index contributed by atoms with van der Waals surface area (Å²) in [6.07, 6.45) is 10.2. The average molecular weight is 204 g/mol. The second-order valence-corrected chi connectivity index (χ2v) is 4.26. The molecule has 1 aromatic heterocycles. The molecule has 1 radical (unpaired) electrons. The van der Waals surface area contributed by atoms with Gasteiger partial charge >= 0.3 is 0 Å². The van der Waals surface area contributed by atoms with Gasteiger partial charge in [-0.05, 0) is 43.7 Å². The van der Waals surface area contributed by atoms with Gasteiger partial charge in [-0.15, -0.1) is 5.10 Å². The Bertz CT molecular complexity index is 358. The van der Waals surface area contributed by atoms with Crippen LogP contribution in [0.15, 0.2) is 16.2 Å². The molecule has 0 saturated carbocycles. The maximum Gasteiger partial charge on any atom is 0.188 e. The Morgan fingerprint density at radius 3 is 3.33 bits per heavy atom. The van der Waals surface area contributed by atoms with Crippen molar-refractivity contribution in [1.29, 1.82) is 0 Å². The summed E-state index contributed by atoms with van der Waals surface area (Å²) >= 11 is 0. The number of rotatable bonds is 1. The van der Waals surface area contributed by atoms with E-state index in [1.807, 2.05) is 0 Å². The first-order chi connectivity index (χ1) is 7.45. The molecule has 0 bridgehead atoms. The highest BCUT2D eigenvalue weighted by molar-refractivity contribution is 5.24. The number of piperidine rings is 1. The quantitative estimate of drug-likeness (QED) is 0.706. The van der Waals surface area contributed by atoms with E-state index in [0.29, 0.717) is 0 Å². The van der Waals surface area contributed by atoms with Crippen molar-refractivity contribution >= 4 is 0 Å². The van der Waals surface area contributed by atoms with Crippen molar-refractivity contribution in [2.45, 2.75) is 31.7 Å². The minimum absolute atomic E-state index is 0.166. The van der Waals surface area contributed by atoms with E-state index in [-0.39, 0.29) is 6.04 Å². The van der Waals surface area contributed by atoms with Crippen LogP contribution < -0.4 is 5.32 Å². The average Bonchev–Trinajstić information content (AvgIpc) is 2.82. The molecular weight excluding hydrogens is 190 g/mol. The van der Waals surface area contributed by atoms with Gasteiger partial charge in [0, 0.05) is 5.27 Å². The van der Waals surface area contributed by atoms with Crippen molar-refractivity contribution in [3.05, 3.63) is 23.6 Å². The van der Waals surface area contributed by atoms with Gasteiger partial charge in [-0.3, -0.25) is 0 Å². The van der Waals surface area contributed by atoms with E-state index in [9.17, 15) is 0 Å². The molecule has 15 heavy (non-hydrogen) atoms. The molecule has 1 fully saturated rings. The molecule has 0 aromatic carbocycles. The van der Waals surface area contributed by atoms with Crippen LogP contribution in [-0.2, 0) is 0 Å². The van der Waals surface area contributed by atoms with Gasteiger partial charge in [-0.1, -0.05) is 6.08 Å². The predicted molar refractivity (Wildman–Crippen MR) is 53.9 cm³/mol. The summed E-state index contributed by atoms with van der Waals surface area (Å²) in [6.45, 7) is 1.04. The Kier molecular flexibility index (Phi) is 2.29. The molecule has 2 heterocycles. The van der Waals surface area contributed by atoms with E-state index in [1.165, 1.54) is 31.3 Å². The van der Waals surface area contributed by atoms with Crippen LogP contribution in [-0.4, -0.2) is 16.9 Å². The van der Waals surface area contributed by atoms with E-state index >= 15 is 0 Å². The van der Waals surface area contributed by atoms with Gasteiger partial charge in [0.1, 0.15) is 0 Å². The van der Waals surface area contributed by atoms with Crippen molar-refractivity contribution in [2.75, 3.05) is 6.54 Å². The number of aromatic nitrogens is 2. The number of hydrogen-bond acceptors (Lipinski definition) is 4. The van der Waals surface area contributed by atoms with Crippen LogP contribution in [0.25, 0.3) is 0 Å². The smallest absolute Gasteiger partial charge is 0.188 e. The molecule has 1 N–H and O–H groups in total. The van der Waals surface area contributed by atoms with Gasteiger partial charge < -0.3 is 9.84 Å². The summed E-state index contributed by atoms with van der Waals surface area (Å²) < 4.78 is 5.10. The molecule has 1 aliphatic carbocycles. The van der Waals surface area contributed by atoms with E-state index in [1.54, 1.807) is 0 Å². The maximum absolute atomic E-state index is 5.10. The van der Waals surface area contributed by atoms with Crippen molar-refractivity contribution < 1.29 is 4.52 Å². The normalized spacial score (nSPS) is 30.8. The lowest BCUT2D eigenvalue weighted by atomic mass is 9.78. The zero-order chi connectivity index (χ0) is 10.1. The second kappa shape index (κ2) is 3.77. The molecule has 4 heteroatoms. The minimum atomic E-state index is 0.166. The lowest BCUT2D eigenvalue weighted by Crippen LogP contribution is -2.35. The minimum Gasteiger partial charge on any atom is -0.339 e. The van der Waals surface area contributed by atoms with Crippen LogP contribution >= 0.6 is 0 Å². The van der Waals surface area contributed by atoms with Crippen LogP contribution in [0.1, 0.15) is 37.5 Å². The van der Waals surface area contributed by atoms with Gasteiger partial charge in [0.2, 0.25) is 0 Å². The fourth-order valence-corrected chi connectivity index (χ4v) is 2.67. The first kappa shape index (κ1) is 9.09. The van der Waals surface area contributed by atoms with Gasteiger partial charge in [-0.25, -0.2) is 0 Å². The van der Waals surface area contributed by atoms with Crippen LogP contribution in [0.4, 0.5) is 0 Å². The lowest BCUT2D eigenvalue weighted by Gasteiger charge is -2.34. The van der Waals surface area contributed by atoms with Crippen LogP contribution in [0.5, 0.6) is 0 Å². The lowest BCUT2D eigenvalue weighted by molar-refractivity contribution is 0.295. The largest absolute Gasteiger partial charge is 0.339 e. The first-order valence-corrected chi connectivity index (χ1v) is 5.58. The van der Waals surface area contributed by atoms with Crippen LogP contribution in [0, 0.1) is 12.1 Å². The van der Waals surface area contributed by atoms with Crippen LogP contribution in [0.2, 0.25) is 0 Å². The maximum atomic E-state index is 5.10. The third kappa shape index (κ3) is 1.59. The second-order valence-electron chi connectivity index (χ2n) is 4.26. The summed E-state index contributed by atoms with van der Waals surface area (Å²) in [4.78, 5) is 0. The van der Waals surface area contributed by atoms with Crippen molar-refractivity contribution in [3.8, 4) is 0 Å². The topological polar surface area (TPSA) is 51.0 Å². The number of fused-ring (bicyclic) bond motifs is 1. The van der Waals surface area contributed by atoms with Crippen molar-refractivity contribution in [3.63, 3.8) is 0 Å². The molecule has 1 aliphatic heterocycles. The summed E-state index contributed by atoms with van der Waals surface area (Å²) in [5.74, 6) is 1.45. The van der Waals surface area contributed by atoms with Gasteiger partial charge in [0.15, 0.2) is 12.0 Å². The molecule has 3 rings (SSSR count). The van der Waals surface area contributed by atoms with E-state index < -0.39 is 0 Å². The standard InChI is InChI=1S/C11H14N3O/c1-2-4-9-8(3-1)5-6-12-11(9)10-7-13-14-15-10/h4,8,11-12H,1-3,5-6H2. The van der Waals surface area contributed by atoms with Gasteiger partial charge in [0.25, 0.3) is 0 Å². The number of hydrogen-bond donors (Lipinski definition) is 1. The third-order valence-corrected chi connectivity index (χ3v) is 3.39. The Morgan fingerprint density at radius 1 is 1.47 bits per heavy atom. The Balaban J connectivity index is 1.91. The highest BCUT2D eigenvalue weighted by Gasteiger charge is 2.31. The van der Waals surface area contributed by atoms with Crippen molar-refractivity contribution in [1.82, 2.24) is 15.7 Å². The number of allylic oxidation sites excluding steroid dienone is 1. The molecule has 0 spiro atoms. The molecule has 79 valence electrons. The molecule has 2 unspecified atom stereocenters. The molecule has 1 saturated heterocycles. The summed E-state index contributed by atoms with van der Waals surface area (Å²) in [7, 11) is 0. The Hall–Kier alpha value is -1.16. The summed E-state index contributed by atoms with van der Waals surface area (Å²) in [5, 5.41) is 10.6. The fourth-order valence-electron chi connectivity index (χ4n) is 2.67. The fraction of sp³-hybridized carbons (Fsp3) is 0.636. The molecular formula is C11H14N3O. The summed E-state index contributed by atoms with van der Waals surface area (Å²) in [6, 6.07) is 0.166. The third-order valence-electron chi connectivity index (χ3n) is 3.39. The number of nitrogens with one attached hydrogen (secondary N) is 1. The predicted octanol–water partition coefficient (Wildman–Crippen LogP) is 1.63. The van der Waals surface area contributed by atoms with E-state index in [4.69, 9.17) is 4.52 Å². The highest BCUT2D eigenvalue weighted by atomic mass is 16.5. The van der Waals surface area contributed by atoms with Crippen LogP contribution in [0.3, 0.4) is 0 Å². The monoisotopic (exact) mass is 204 g/mol. The van der Waals surface area contributed by atoms with Crippen molar-refractivity contribution in [2.24, 2.45) is 5.92 Å². The molecule has 2 aliphatic rings. The molecule has 2 atom stereocenters. The zero-order valence-electron chi connectivity index (χ0n) is 8.57. The molecule has 1 aromatic rings. The summed E-state index contributed by atoms with van der Waals surface area (Å²) in [5.41, 5.74) is 1.46. The zero-order valence-corrected chi connectivity index (χ0v) is 8.57.